The van der Waals surface area contributed by atoms with E-state index in [1.165, 1.54) is 12.3 Å². The van der Waals surface area contributed by atoms with Crippen molar-refractivity contribution in [3.8, 4) is 28.1 Å². The van der Waals surface area contributed by atoms with E-state index in [9.17, 15) is 9.50 Å². The smallest absolute Gasteiger partial charge is 0.216 e. The monoisotopic (exact) mass is 397 g/mol. The quantitative estimate of drug-likeness (QED) is 0.488. The van der Waals surface area contributed by atoms with Gasteiger partial charge in [-0.15, -0.1) is 10.2 Å². The molecule has 3 N–H and O–H groups in total. The lowest BCUT2D eigenvalue weighted by atomic mass is 10.0. The summed E-state index contributed by atoms with van der Waals surface area (Å²) in [5.41, 5.74) is 2.49. The molecular weight excluding hydrogens is 381 g/mol. The molecule has 1 aliphatic heterocycles. The van der Waals surface area contributed by atoms with Gasteiger partial charge in [0.15, 0.2) is 10.8 Å². The molecule has 8 nitrogen and oxygen atoms in total. The van der Waals surface area contributed by atoms with Crippen molar-refractivity contribution in [2.75, 3.05) is 31.1 Å². The van der Waals surface area contributed by atoms with E-state index < -0.39 is 5.95 Å². The molecule has 1 aliphatic rings. The Morgan fingerprint density at radius 3 is 2.71 bits per heavy atom. The van der Waals surface area contributed by atoms with Crippen LogP contribution in [-0.4, -0.2) is 56.7 Å². The fourth-order valence-corrected chi connectivity index (χ4v) is 4.23. The summed E-state index contributed by atoms with van der Waals surface area (Å²) in [7, 11) is 0. The van der Waals surface area contributed by atoms with Crippen LogP contribution in [0.4, 0.5) is 9.52 Å². The summed E-state index contributed by atoms with van der Waals surface area (Å²) in [5.74, 6) is -0.544. The zero-order chi connectivity index (χ0) is 19.1. The fourth-order valence-electron chi connectivity index (χ4n) is 3.24. The number of hydrogen-bond donors (Lipinski definition) is 3. The molecule has 1 fully saturated rings. The van der Waals surface area contributed by atoms with Gasteiger partial charge in [0.05, 0.1) is 22.2 Å². The van der Waals surface area contributed by atoms with Crippen molar-refractivity contribution in [1.29, 1.82) is 0 Å². The van der Waals surface area contributed by atoms with Gasteiger partial charge in [0.1, 0.15) is 5.75 Å². The SMILES string of the molecule is Oc1cc(-c2cn[nH]c2F)ccc1-c1cc2sc(N3CCNCC3)nc2nn1. The third-order valence-electron chi connectivity index (χ3n) is 4.71. The average molecular weight is 397 g/mol. The van der Waals surface area contributed by atoms with E-state index in [2.05, 4.69) is 35.6 Å². The first-order valence-corrected chi connectivity index (χ1v) is 9.63. The second-order valence-electron chi connectivity index (χ2n) is 6.48. The van der Waals surface area contributed by atoms with Gasteiger partial charge in [-0.25, -0.2) is 0 Å². The highest BCUT2D eigenvalue weighted by molar-refractivity contribution is 7.22. The first kappa shape index (κ1) is 17.0. The third kappa shape index (κ3) is 2.96. The van der Waals surface area contributed by atoms with Crippen molar-refractivity contribution in [2.24, 2.45) is 0 Å². The second kappa shape index (κ2) is 6.80. The zero-order valence-corrected chi connectivity index (χ0v) is 15.5. The van der Waals surface area contributed by atoms with Gasteiger partial charge in [-0.2, -0.15) is 14.5 Å². The predicted octanol–water partition coefficient (Wildman–Crippen LogP) is 2.40. The summed E-state index contributed by atoms with van der Waals surface area (Å²) >= 11 is 1.56. The Labute approximate surface area is 163 Å². The van der Waals surface area contributed by atoms with Crippen LogP contribution >= 0.6 is 11.3 Å². The Kier molecular flexibility index (Phi) is 4.14. The molecule has 0 aliphatic carbocycles. The molecule has 1 aromatic carbocycles. The van der Waals surface area contributed by atoms with Crippen molar-refractivity contribution in [3.05, 3.63) is 36.4 Å². The van der Waals surface area contributed by atoms with Gasteiger partial charge in [-0.05, 0) is 23.8 Å². The summed E-state index contributed by atoms with van der Waals surface area (Å²) in [6.07, 6.45) is 1.38. The van der Waals surface area contributed by atoms with E-state index in [-0.39, 0.29) is 5.75 Å². The molecular formula is C18H16FN7OS. The maximum Gasteiger partial charge on any atom is 0.216 e. The van der Waals surface area contributed by atoms with E-state index >= 15 is 0 Å². The number of phenolic OH excluding ortho intramolecular Hbond substituents is 1. The molecule has 0 spiro atoms. The van der Waals surface area contributed by atoms with Crippen LogP contribution in [-0.2, 0) is 0 Å². The second-order valence-corrected chi connectivity index (χ2v) is 7.49. The van der Waals surface area contributed by atoms with Crippen LogP contribution in [0.5, 0.6) is 5.75 Å². The molecule has 0 atom stereocenters. The van der Waals surface area contributed by atoms with Crippen LogP contribution in [0, 0.1) is 5.95 Å². The number of rotatable bonds is 3. The number of thiazole rings is 1. The van der Waals surface area contributed by atoms with Crippen molar-refractivity contribution < 1.29 is 9.50 Å². The Hall–Kier alpha value is -3.11. The lowest BCUT2D eigenvalue weighted by Gasteiger charge is -2.26. The van der Waals surface area contributed by atoms with Gasteiger partial charge in [-0.3, -0.25) is 5.10 Å². The number of phenols is 1. The number of aromatic hydroxyl groups is 1. The van der Waals surface area contributed by atoms with Crippen molar-refractivity contribution in [3.63, 3.8) is 0 Å². The van der Waals surface area contributed by atoms with Gasteiger partial charge in [-0.1, -0.05) is 17.4 Å². The van der Waals surface area contributed by atoms with Gasteiger partial charge in [0.25, 0.3) is 0 Å². The van der Waals surface area contributed by atoms with Gasteiger partial charge in [0, 0.05) is 31.7 Å². The normalized spacial score (nSPS) is 14.7. The highest BCUT2D eigenvalue weighted by atomic mass is 32.1. The first-order chi connectivity index (χ1) is 13.7. The highest BCUT2D eigenvalue weighted by Crippen LogP contribution is 2.35. The Bertz CT molecular complexity index is 1150. The van der Waals surface area contributed by atoms with E-state index in [0.717, 1.165) is 36.0 Å². The minimum absolute atomic E-state index is 0.00130. The molecule has 0 bridgehead atoms. The molecule has 4 heterocycles. The lowest BCUT2D eigenvalue weighted by Crippen LogP contribution is -2.43. The molecule has 142 valence electrons. The Balaban J connectivity index is 1.49. The number of fused-ring (bicyclic) bond motifs is 1. The lowest BCUT2D eigenvalue weighted by molar-refractivity contribution is 0.477. The highest BCUT2D eigenvalue weighted by Gasteiger charge is 2.17. The van der Waals surface area contributed by atoms with Crippen LogP contribution in [0.3, 0.4) is 0 Å². The number of aromatic amines is 1. The predicted molar refractivity (Wildman–Crippen MR) is 105 cm³/mol. The Morgan fingerprint density at radius 1 is 1.11 bits per heavy atom. The summed E-state index contributed by atoms with van der Waals surface area (Å²) in [5, 5.41) is 29.1. The standard InChI is InChI=1S/C18H16FN7OS/c19-16-12(9-21-24-16)10-1-2-11(14(27)7-10)13-8-15-17(25-23-13)22-18(28-15)26-5-3-20-4-6-26/h1-2,7-9,20,27H,3-6H2,(H,21,24). The van der Waals surface area contributed by atoms with Crippen LogP contribution in [0.1, 0.15) is 0 Å². The van der Waals surface area contributed by atoms with Crippen LogP contribution in [0.25, 0.3) is 32.7 Å². The molecule has 10 heteroatoms. The molecule has 4 aromatic rings. The van der Waals surface area contributed by atoms with Crippen LogP contribution in [0.15, 0.2) is 30.5 Å². The number of halogens is 1. The van der Waals surface area contributed by atoms with E-state index in [0.29, 0.717) is 28.0 Å². The minimum atomic E-state index is -0.543. The number of H-pyrrole nitrogens is 1. The third-order valence-corrected chi connectivity index (χ3v) is 5.76. The molecule has 0 radical (unpaired) electrons. The van der Waals surface area contributed by atoms with Crippen LogP contribution in [0.2, 0.25) is 0 Å². The number of aromatic nitrogens is 5. The van der Waals surface area contributed by atoms with E-state index in [1.54, 1.807) is 23.5 Å². The van der Waals surface area contributed by atoms with Crippen LogP contribution < -0.4 is 10.2 Å². The first-order valence-electron chi connectivity index (χ1n) is 8.81. The molecule has 0 unspecified atom stereocenters. The number of benzene rings is 1. The number of nitrogens with zero attached hydrogens (tertiary/aromatic N) is 5. The number of nitrogens with one attached hydrogen (secondary N) is 2. The largest absolute Gasteiger partial charge is 0.507 e. The summed E-state index contributed by atoms with van der Waals surface area (Å²) < 4.78 is 14.6. The average Bonchev–Trinajstić information content (AvgIpc) is 3.34. The Morgan fingerprint density at radius 2 is 1.96 bits per heavy atom. The van der Waals surface area contributed by atoms with Gasteiger partial charge >= 0.3 is 0 Å². The molecule has 28 heavy (non-hydrogen) atoms. The van der Waals surface area contributed by atoms with Gasteiger partial charge < -0.3 is 15.3 Å². The molecule has 0 saturated carbocycles. The maximum atomic E-state index is 13.7. The topological polar surface area (TPSA) is 103 Å². The summed E-state index contributed by atoms with van der Waals surface area (Å²) in [6, 6.07) is 6.78. The van der Waals surface area contributed by atoms with Crippen molar-refractivity contribution >= 4 is 26.8 Å². The van der Waals surface area contributed by atoms with E-state index in [4.69, 9.17) is 0 Å². The fraction of sp³-hybridized carbons (Fsp3) is 0.222. The molecule has 3 aromatic heterocycles. The molecule has 5 rings (SSSR count). The maximum absolute atomic E-state index is 13.7. The number of piperazine rings is 1. The number of hydrogen-bond acceptors (Lipinski definition) is 8. The van der Waals surface area contributed by atoms with E-state index in [1.807, 2.05) is 6.07 Å². The minimum Gasteiger partial charge on any atom is -0.507 e. The molecule has 1 saturated heterocycles. The van der Waals surface area contributed by atoms with Crippen molar-refractivity contribution in [1.82, 2.24) is 30.7 Å². The zero-order valence-electron chi connectivity index (χ0n) is 14.7. The summed E-state index contributed by atoms with van der Waals surface area (Å²) in [6.45, 7) is 3.69. The number of anilines is 1. The summed E-state index contributed by atoms with van der Waals surface area (Å²) in [4.78, 5) is 6.81. The van der Waals surface area contributed by atoms with Gasteiger partial charge in [0.2, 0.25) is 5.95 Å². The molecule has 0 amide bonds. The van der Waals surface area contributed by atoms with Crippen molar-refractivity contribution in [2.45, 2.75) is 0 Å².